The van der Waals surface area contributed by atoms with Gasteiger partial charge in [-0.05, 0) is 18.2 Å². The minimum atomic E-state index is -1.02. The number of benzene rings is 1. The molecule has 0 saturated carbocycles. The van der Waals surface area contributed by atoms with Gasteiger partial charge < -0.3 is 20.1 Å². The third-order valence-electron chi connectivity index (χ3n) is 3.42. The zero-order valence-corrected chi connectivity index (χ0v) is 11.9. The summed E-state index contributed by atoms with van der Waals surface area (Å²) in [6, 6.07) is 4.07. The maximum absolute atomic E-state index is 13.9. The summed E-state index contributed by atoms with van der Waals surface area (Å²) in [7, 11) is 2.72. The fraction of sp³-hybridized carbons (Fsp3) is 0.429. The van der Waals surface area contributed by atoms with Crippen LogP contribution in [0.2, 0.25) is 0 Å². The molecular formula is C14H17FN2O4. The third kappa shape index (κ3) is 2.97. The molecule has 114 valence electrons. The highest BCUT2D eigenvalue weighted by Gasteiger charge is 2.43. The highest BCUT2D eigenvalue weighted by molar-refractivity contribution is 5.94. The van der Waals surface area contributed by atoms with Crippen LogP contribution in [0.15, 0.2) is 18.2 Å². The zero-order chi connectivity index (χ0) is 15.5. The van der Waals surface area contributed by atoms with Crippen LogP contribution in [0.25, 0.3) is 0 Å². The van der Waals surface area contributed by atoms with Crippen molar-refractivity contribution in [3.05, 3.63) is 29.6 Å². The van der Waals surface area contributed by atoms with Crippen LogP contribution in [0.4, 0.5) is 10.1 Å². The van der Waals surface area contributed by atoms with Crippen molar-refractivity contribution in [2.24, 2.45) is 0 Å². The minimum absolute atomic E-state index is 0.0576. The minimum Gasteiger partial charge on any atom is -0.467 e. The number of esters is 1. The maximum atomic E-state index is 13.9. The summed E-state index contributed by atoms with van der Waals surface area (Å²) in [5.74, 6) is -1.64. The molecular weight excluding hydrogens is 279 g/mol. The molecule has 1 aliphatic rings. The molecule has 0 bridgehead atoms. The Morgan fingerprint density at radius 2 is 2.19 bits per heavy atom. The number of amides is 1. The number of carbonyl (C=O) groups is 2. The molecule has 1 aromatic rings. The van der Waals surface area contributed by atoms with Gasteiger partial charge in [-0.2, -0.15) is 0 Å². The molecule has 0 spiro atoms. The number of rotatable bonds is 4. The molecule has 0 aliphatic carbocycles. The molecule has 2 N–H and O–H groups in total. The number of halogens is 1. The van der Waals surface area contributed by atoms with Crippen LogP contribution in [-0.2, 0) is 14.3 Å². The Hall–Kier alpha value is -2.15. The molecule has 1 aliphatic heterocycles. The molecule has 21 heavy (non-hydrogen) atoms. The monoisotopic (exact) mass is 296 g/mol. The predicted octanol–water partition coefficient (Wildman–Crippen LogP) is 0.929. The van der Waals surface area contributed by atoms with E-state index in [2.05, 4.69) is 10.6 Å². The van der Waals surface area contributed by atoms with Crippen LogP contribution < -0.4 is 10.6 Å². The Balaban J connectivity index is 2.24. The lowest BCUT2D eigenvalue weighted by atomic mass is 9.98. The van der Waals surface area contributed by atoms with E-state index in [9.17, 15) is 14.0 Å². The number of carbonyl (C=O) groups excluding carboxylic acids is 2. The Labute approximate surface area is 121 Å². The van der Waals surface area contributed by atoms with Crippen LogP contribution in [0.3, 0.4) is 0 Å². The van der Waals surface area contributed by atoms with Gasteiger partial charge in [0.25, 0.3) is 5.91 Å². The third-order valence-corrected chi connectivity index (χ3v) is 3.42. The van der Waals surface area contributed by atoms with E-state index in [1.165, 1.54) is 32.4 Å². The van der Waals surface area contributed by atoms with Gasteiger partial charge in [0, 0.05) is 25.8 Å². The number of hydrogen-bond acceptors (Lipinski definition) is 5. The normalized spacial score (nSPS) is 20.9. The molecule has 7 heteroatoms. The number of methoxy groups -OCH3 is 1. The van der Waals surface area contributed by atoms with Crippen molar-refractivity contribution < 1.29 is 23.5 Å². The number of ether oxygens (including phenoxy) is 2. The molecule has 0 aromatic heterocycles. The van der Waals surface area contributed by atoms with Gasteiger partial charge in [0.1, 0.15) is 5.82 Å². The molecule has 1 atom stereocenters. The van der Waals surface area contributed by atoms with Crippen LogP contribution in [0, 0.1) is 5.82 Å². The van der Waals surface area contributed by atoms with Crippen LogP contribution >= 0.6 is 0 Å². The first-order valence-electron chi connectivity index (χ1n) is 6.48. The van der Waals surface area contributed by atoms with Crippen molar-refractivity contribution in [2.45, 2.75) is 12.0 Å². The Bertz CT molecular complexity index is 556. The van der Waals surface area contributed by atoms with E-state index in [1.54, 1.807) is 0 Å². The van der Waals surface area contributed by atoms with Crippen LogP contribution in [-0.4, -0.2) is 44.8 Å². The topological polar surface area (TPSA) is 76.7 Å². The average Bonchev–Trinajstić information content (AvgIpc) is 2.95. The first kappa shape index (κ1) is 15.2. The SMILES string of the molecule is CNC(=O)c1ccc(NC2(C(=O)OC)CCOC2)cc1F. The molecule has 0 radical (unpaired) electrons. The van der Waals surface area contributed by atoms with Gasteiger partial charge >= 0.3 is 5.97 Å². The van der Waals surface area contributed by atoms with Gasteiger partial charge in [-0.25, -0.2) is 9.18 Å². The Morgan fingerprint density at radius 3 is 2.71 bits per heavy atom. The lowest BCUT2D eigenvalue weighted by Crippen LogP contribution is -2.47. The first-order chi connectivity index (χ1) is 10.0. The lowest BCUT2D eigenvalue weighted by molar-refractivity contribution is -0.146. The molecule has 1 aromatic carbocycles. The highest BCUT2D eigenvalue weighted by atomic mass is 19.1. The molecule has 1 heterocycles. The van der Waals surface area contributed by atoms with Crippen molar-refractivity contribution in [2.75, 3.05) is 32.7 Å². The number of nitrogens with one attached hydrogen (secondary N) is 2. The van der Waals surface area contributed by atoms with E-state index >= 15 is 0 Å². The second-order valence-electron chi connectivity index (χ2n) is 4.78. The zero-order valence-electron chi connectivity index (χ0n) is 11.9. The van der Waals surface area contributed by atoms with Gasteiger partial charge in [0.05, 0.1) is 19.3 Å². The standard InChI is InChI=1S/C14H17FN2O4/c1-16-12(18)10-4-3-9(7-11(10)15)17-14(13(19)20-2)5-6-21-8-14/h3-4,7,17H,5-6,8H2,1-2H3,(H,16,18). The predicted molar refractivity (Wildman–Crippen MR) is 73.6 cm³/mol. The second kappa shape index (κ2) is 6.09. The average molecular weight is 296 g/mol. The molecule has 1 amide bonds. The second-order valence-corrected chi connectivity index (χ2v) is 4.78. The van der Waals surface area contributed by atoms with Crippen LogP contribution in [0.5, 0.6) is 0 Å². The van der Waals surface area contributed by atoms with Gasteiger partial charge in [0.2, 0.25) is 0 Å². The quantitative estimate of drug-likeness (QED) is 0.808. The summed E-state index contributed by atoms with van der Waals surface area (Å²) in [5.41, 5.74) is -0.690. The first-order valence-corrected chi connectivity index (χ1v) is 6.48. The summed E-state index contributed by atoms with van der Waals surface area (Å²) < 4.78 is 23.9. The van der Waals surface area contributed by atoms with Gasteiger partial charge in [0.15, 0.2) is 5.54 Å². The van der Waals surface area contributed by atoms with E-state index in [-0.39, 0.29) is 12.2 Å². The van der Waals surface area contributed by atoms with Crippen molar-refractivity contribution in [1.82, 2.24) is 5.32 Å². The summed E-state index contributed by atoms with van der Waals surface area (Å²) in [6.07, 6.45) is 0.429. The summed E-state index contributed by atoms with van der Waals surface area (Å²) in [6.45, 7) is 0.569. The van der Waals surface area contributed by atoms with Gasteiger partial charge in [-0.3, -0.25) is 4.79 Å². The van der Waals surface area contributed by atoms with Crippen LogP contribution in [0.1, 0.15) is 16.8 Å². The van der Waals surface area contributed by atoms with Crippen molar-refractivity contribution in [3.63, 3.8) is 0 Å². The van der Waals surface area contributed by atoms with E-state index in [0.29, 0.717) is 18.7 Å². The summed E-state index contributed by atoms with van der Waals surface area (Å²) >= 11 is 0. The number of anilines is 1. The summed E-state index contributed by atoms with van der Waals surface area (Å²) in [4.78, 5) is 23.4. The Kier molecular flexibility index (Phi) is 4.42. The van der Waals surface area contributed by atoms with E-state index in [0.717, 1.165) is 0 Å². The molecule has 1 fully saturated rings. The molecule has 6 nitrogen and oxygen atoms in total. The van der Waals surface area contributed by atoms with Crippen molar-refractivity contribution in [1.29, 1.82) is 0 Å². The Morgan fingerprint density at radius 1 is 1.43 bits per heavy atom. The molecule has 2 rings (SSSR count). The molecule has 1 unspecified atom stereocenters. The largest absolute Gasteiger partial charge is 0.467 e. The van der Waals surface area contributed by atoms with Crippen molar-refractivity contribution >= 4 is 17.6 Å². The maximum Gasteiger partial charge on any atom is 0.334 e. The lowest BCUT2D eigenvalue weighted by Gasteiger charge is -2.26. The van der Waals surface area contributed by atoms with Gasteiger partial charge in [-0.1, -0.05) is 0 Å². The fourth-order valence-electron chi connectivity index (χ4n) is 2.26. The van der Waals surface area contributed by atoms with E-state index in [4.69, 9.17) is 9.47 Å². The van der Waals surface area contributed by atoms with E-state index in [1.807, 2.05) is 0 Å². The highest BCUT2D eigenvalue weighted by Crippen LogP contribution is 2.26. The van der Waals surface area contributed by atoms with Crippen molar-refractivity contribution in [3.8, 4) is 0 Å². The fourth-order valence-corrected chi connectivity index (χ4v) is 2.26. The molecule has 1 saturated heterocycles. The van der Waals surface area contributed by atoms with Gasteiger partial charge in [-0.15, -0.1) is 0 Å². The van der Waals surface area contributed by atoms with E-state index < -0.39 is 23.2 Å². The number of hydrogen-bond donors (Lipinski definition) is 2. The summed E-state index contributed by atoms with van der Waals surface area (Å²) in [5, 5.41) is 5.31. The smallest absolute Gasteiger partial charge is 0.334 e.